The van der Waals surface area contributed by atoms with E-state index in [0.29, 0.717) is 12.1 Å². The molecule has 0 aliphatic heterocycles. The van der Waals surface area contributed by atoms with Gasteiger partial charge in [0.2, 0.25) is 11.8 Å². The van der Waals surface area contributed by atoms with Crippen molar-refractivity contribution in [2.45, 2.75) is 20.0 Å². The Labute approximate surface area is 179 Å². The summed E-state index contributed by atoms with van der Waals surface area (Å²) in [7, 11) is 0. The molecule has 0 bridgehead atoms. The first-order valence-corrected chi connectivity index (χ1v) is 9.81. The summed E-state index contributed by atoms with van der Waals surface area (Å²) in [5.41, 5.74) is 0.600. The van der Waals surface area contributed by atoms with E-state index in [-0.39, 0.29) is 31.2 Å². The third-order valence-electron chi connectivity index (χ3n) is 4.33. The smallest absolute Gasteiger partial charge is 0.243 e. The number of amides is 2. The number of carbonyl (C=O) groups excluding carboxylic acids is 2. The zero-order valence-electron chi connectivity index (χ0n) is 17.4. The minimum atomic E-state index is -1.09. The summed E-state index contributed by atoms with van der Waals surface area (Å²) in [4.78, 5) is 26.0. The van der Waals surface area contributed by atoms with Crippen LogP contribution in [-0.2, 0) is 9.59 Å². The van der Waals surface area contributed by atoms with E-state index >= 15 is 0 Å². The Bertz CT molecular complexity index is 891. The fraction of sp³-hybridized carbons (Fsp3) is 0.364. The molecule has 0 saturated carbocycles. The molecule has 3 N–H and O–H groups in total. The predicted octanol–water partition coefficient (Wildman–Crippen LogP) is 2.85. The Morgan fingerprint density at radius 1 is 0.968 bits per heavy atom. The molecule has 31 heavy (non-hydrogen) atoms. The average molecular weight is 437 g/mol. The van der Waals surface area contributed by atoms with Gasteiger partial charge in [-0.25, -0.2) is 13.2 Å². The van der Waals surface area contributed by atoms with Gasteiger partial charge in [-0.15, -0.1) is 0 Å². The molecule has 0 aliphatic rings. The van der Waals surface area contributed by atoms with Gasteiger partial charge < -0.3 is 15.7 Å². The van der Waals surface area contributed by atoms with Crippen molar-refractivity contribution in [3.05, 3.63) is 65.5 Å². The van der Waals surface area contributed by atoms with Crippen LogP contribution in [0.2, 0.25) is 0 Å². The van der Waals surface area contributed by atoms with Crippen molar-refractivity contribution in [3.8, 4) is 0 Å². The predicted molar refractivity (Wildman–Crippen MR) is 111 cm³/mol. The van der Waals surface area contributed by atoms with Crippen LogP contribution >= 0.6 is 0 Å². The highest BCUT2D eigenvalue weighted by molar-refractivity contribution is 5.94. The number of nitrogens with zero attached hydrogens (tertiary/aromatic N) is 1. The van der Waals surface area contributed by atoms with Gasteiger partial charge in [0.15, 0.2) is 11.6 Å². The van der Waals surface area contributed by atoms with Gasteiger partial charge in [-0.05, 0) is 35.7 Å². The second-order valence-electron chi connectivity index (χ2n) is 7.61. The van der Waals surface area contributed by atoms with Crippen molar-refractivity contribution in [3.63, 3.8) is 0 Å². The Balaban J connectivity index is 1.87. The third-order valence-corrected chi connectivity index (χ3v) is 4.33. The van der Waals surface area contributed by atoms with Crippen molar-refractivity contribution < 1.29 is 27.9 Å². The van der Waals surface area contributed by atoms with Gasteiger partial charge in [-0.2, -0.15) is 0 Å². The second-order valence-corrected chi connectivity index (χ2v) is 7.61. The molecule has 1 atom stereocenters. The normalized spacial score (nSPS) is 12.1. The molecule has 2 amide bonds. The number of rotatable bonds is 10. The zero-order chi connectivity index (χ0) is 23.0. The lowest BCUT2D eigenvalue weighted by atomic mass is 10.1. The van der Waals surface area contributed by atoms with Crippen LogP contribution in [0.3, 0.4) is 0 Å². The van der Waals surface area contributed by atoms with Crippen molar-refractivity contribution in [2.24, 2.45) is 5.92 Å². The summed E-state index contributed by atoms with van der Waals surface area (Å²) in [5, 5.41) is 15.2. The molecular formula is C22H26F3N3O3. The van der Waals surface area contributed by atoms with Gasteiger partial charge in [0.1, 0.15) is 5.82 Å². The van der Waals surface area contributed by atoms with E-state index in [4.69, 9.17) is 0 Å². The summed E-state index contributed by atoms with van der Waals surface area (Å²) >= 11 is 0. The van der Waals surface area contributed by atoms with Crippen LogP contribution in [0.15, 0.2) is 42.5 Å². The summed E-state index contributed by atoms with van der Waals surface area (Å²) in [6.45, 7) is 4.18. The summed E-state index contributed by atoms with van der Waals surface area (Å²) < 4.78 is 39.2. The number of anilines is 1. The third kappa shape index (κ3) is 8.39. The van der Waals surface area contributed by atoms with E-state index in [1.807, 2.05) is 13.8 Å². The second kappa shape index (κ2) is 11.5. The van der Waals surface area contributed by atoms with Crippen molar-refractivity contribution in [1.29, 1.82) is 0 Å². The van der Waals surface area contributed by atoms with Crippen LogP contribution < -0.4 is 10.6 Å². The van der Waals surface area contributed by atoms with Crippen LogP contribution in [0.4, 0.5) is 18.9 Å². The molecule has 6 nitrogen and oxygen atoms in total. The maximum atomic E-state index is 13.2. The minimum Gasteiger partial charge on any atom is -0.387 e. The van der Waals surface area contributed by atoms with Gasteiger partial charge >= 0.3 is 0 Å². The lowest BCUT2D eigenvalue weighted by Gasteiger charge is -2.26. The lowest BCUT2D eigenvalue weighted by Crippen LogP contribution is -2.43. The SMILES string of the molecule is CC(C)CN(CC(=O)NCC(=O)Nc1ccc(F)c(F)c1)CC(O)c1ccc(F)cc1. The quantitative estimate of drug-likeness (QED) is 0.534. The number of aliphatic hydroxyl groups is 1. The molecule has 1 unspecified atom stereocenters. The molecule has 0 aliphatic carbocycles. The molecule has 0 spiro atoms. The molecule has 0 saturated heterocycles. The maximum absolute atomic E-state index is 13.2. The number of halogens is 3. The first kappa shape index (κ1) is 24.4. The van der Waals surface area contributed by atoms with E-state index in [2.05, 4.69) is 10.6 Å². The summed E-state index contributed by atoms with van der Waals surface area (Å²) in [5.74, 6) is -3.35. The van der Waals surface area contributed by atoms with Gasteiger partial charge in [-0.3, -0.25) is 14.5 Å². The maximum Gasteiger partial charge on any atom is 0.243 e. The van der Waals surface area contributed by atoms with Crippen molar-refractivity contribution in [1.82, 2.24) is 10.2 Å². The Morgan fingerprint density at radius 2 is 1.65 bits per heavy atom. The Hall–Kier alpha value is -2.91. The van der Waals surface area contributed by atoms with Crippen molar-refractivity contribution in [2.75, 3.05) is 31.5 Å². The molecule has 0 radical (unpaired) electrons. The van der Waals surface area contributed by atoms with Crippen LogP contribution in [0, 0.1) is 23.4 Å². The van der Waals surface area contributed by atoms with Crippen LogP contribution in [-0.4, -0.2) is 48.0 Å². The fourth-order valence-corrected chi connectivity index (χ4v) is 2.97. The minimum absolute atomic E-state index is 0.0606. The number of carbonyl (C=O) groups is 2. The largest absolute Gasteiger partial charge is 0.387 e. The first-order chi connectivity index (χ1) is 14.6. The number of benzene rings is 2. The number of nitrogens with one attached hydrogen (secondary N) is 2. The highest BCUT2D eigenvalue weighted by Crippen LogP contribution is 2.16. The molecule has 0 aromatic heterocycles. The monoisotopic (exact) mass is 437 g/mol. The highest BCUT2D eigenvalue weighted by Gasteiger charge is 2.18. The average Bonchev–Trinajstić information content (AvgIpc) is 2.69. The molecule has 2 rings (SSSR count). The molecule has 2 aromatic carbocycles. The standard InChI is InChI=1S/C22H26F3N3O3/c1-14(2)11-28(12-20(29)15-3-5-16(23)6-4-15)13-22(31)26-10-21(30)27-17-7-8-18(24)19(25)9-17/h3-9,14,20,29H,10-13H2,1-2H3,(H,26,31)(H,27,30). The molecule has 0 fully saturated rings. The number of hydrogen-bond donors (Lipinski definition) is 3. The molecule has 168 valence electrons. The van der Waals surface area contributed by atoms with Gasteiger partial charge in [0.25, 0.3) is 0 Å². The lowest BCUT2D eigenvalue weighted by molar-refractivity contribution is -0.125. The van der Waals surface area contributed by atoms with E-state index in [1.54, 1.807) is 4.90 Å². The summed E-state index contributed by atoms with van der Waals surface area (Å²) in [6.07, 6.45) is -0.913. The van der Waals surface area contributed by atoms with E-state index in [0.717, 1.165) is 12.1 Å². The van der Waals surface area contributed by atoms with Crippen LogP contribution in [0.1, 0.15) is 25.5 Å². The molecule has 0 heterocycles. The van der Waals surface area contributed by atoms with Crippen LogP contribution in [0.25, 0.3) is 0 Å². The van der Waals surface area contributed by atoms with Gasteiger partial charge in [0.05, 0.1) is 19.2 Å². The Morgan fingerprint density at radius 3 is 2.26 bits per heavy atom. The Kier molecular flexibility index (Phi) is 9.02. The van der Waals surface area contributed by atoms with Gasteiger partial charge in [-0.1, -0.05) is 26.0 Å². The van der Waals surface area contributed by atoms with Crippen molar-refractivity contribution >= 4 is 17.5 Å². The molecule has 2 aromatic rings. The topological polar surface area (TPSA) is 81.7 Å². The van der Waals surface area contributed by atoms with Crippen LogP contribution in [0.5, 0.6) is 0 Å². The summed E-state index contributed by atoms with van der Waals surface area (Å²) in [6, 6.07) is 8.41. The highest BCUT2D eigenvalue weighted by atomic mass is 19.2. The molecule has 9 heteroatoms. The van der Waals surface area contributed by atoms with E-state index < -0.39 is 35.4 Å². The fourth-order valence-electron chi connectivity index (χ4n) is 2.97. The van der Waals surface area contributed by atoms with E-state index in [9.17, 15) is 27.9 Å². The number of hydrogen-bond acceptors (Lipinski definition) is 4. The van der Waals surface area contributed by atoms with Gasteiger partial charge in [0, 0.05) is 24.8 Å². The van der Waals surface area contributed by atoms with E-state index in [1.165, 1.54) is 30.3 Å². The zero-order valence-corrected chi connectivity index (χ0v) is 17.4. The number of aliphatic hydroxyl groups excluding tert-OH is 1. The first-order valence-electron chi connectivity index (χ1n) is 9.81. The molecular weight excluding hydrogens is 411 g/mol.